The van der Waals surface area contributed by atoms with E-state index in [0.29, 0.717) is 0 Å². The van der Waals surface area contributed by atoms with Gasteiger partial charge in [-0.2, -0.15) is 0 Å². The van der Waals surface area contributed by atoms with Crippen LogP contribution in [0.5, 0.6) is 0 Å². The van der Waals surface area contributed by atoms with Crippen LogP contribution in [0.3, 0.4) is 0 Å². The summed E-state index contributed by atoms with van der Waals surface area (Å²) in [6.07, 6.45) is 1.70. The highest BCUT2D eigenvalue weighted by molar-refractivity contribution is 5.68. The Balaban J connectivity index is 2.73. The molecule has 0 spiro atoms. The van der Waals surface area contributed by atoms with E-state index in [0.717, 1.165) is 0 Å². The van der Waals surface area contributed by atoms with E-state index in [1.54, 1.807) is 12.2 Å². The molecule has 3 atom stereocenters. The van der Waals surface area contributed by atoms with Gasteiger partial charge in [-0.3, -0.25) is 14.4 Å². The van der Waals surface area contributed by atoms with Crippen LogP contribution in [0.2, 0.25) is 0 Å². The third-order valence-electron chi connectivity index (χ3n) is 2.28. The average molecular weight is 256 g/mol. The lowest BCUT2D eigenvalue weighted by molar-refractivity contribution is -0.166. The van der Waals surface area contributed by atoms with E-state index in [1.165, 1.54) is 20.8 Å². The second-order valence-electron chi connectivity index (χ2n) is 3.99. The molecule has 0 bridgehead atoms. The minimum absolute atomic E-state index is 0.271. The molecule has 0 aliphatic heterocycles. The molecule has 0 aromatic carbocycles. The first-order chi connectivity index (χ1) is 8.38. The Kier molecular flexibility index (Phi) is 4.88. The van der Waals surface area contributed by atoms with Gasteiger partial charge in [0.05, 0.1) is 0 Å². The third-order valence-corrected chi connectivity index (χ3v) is 2.28. The fourth-order valence-electron chi connectivity index (χ4n) is 1.73. The van der Waals surface area contributed by atoms with Crippen molar-refractivity contribution in [2.45, 2.75) is 45.5 Å². The van der Waals surface area contributed by atoms with E-state index >= 15 is 0 Å². The fourth-order valence-corrected chi connectivity index (χ4v) is 1.73. The van der Waals surface area contributed by atoms with Gasteiger partial charge in [0.15, 0.2) is 6.10 Å². The number of esters is 3. The van der Waals surface area contributed by atoms with Crippen molar-refractivity contribution in [3.05, 3.63) is 12.2 Å². The average Bonchev–Trinajstić information content (AvgIpc) is 2.19. The maximum Gasteiger partial charge on any atom is 0.303 e. The highest BCUT2D eigenvalue weighted by Gasteiger charge is 2.32. The summed E-state index contributed by atoms with van der Waals surface area (Å²) in [5.41, 5.74) is 0. The Morgan fingerprint density at radius 2 is 1.44 bits per heavy atom. The number of rotatable bonds is 3. The number of ether oxygens (including phenoxy) is 3. The van der Waals surface area contributed by atoms with Gasteiger partial charge in [-0.1, -0.05) is 0 Å². The monoisotopic (exact) mass is 256 g/mol. The molecule has 0 aromatic rings. The van der Waals surface area contributed by atoms with Gasteiger partial charge < -0.3 is 14.2 Å². The topological polar surface area (TPSA) is 78.9 Å². The van der Waals surface area contributed by atoms with E-state index in [4.69, 9.17) is 14.2 Å². The Morgan fingerprint density at radius 3 is 1.94 bits per heavy atom. The SMILES string of the molecule is CC(=O)O[C@@H]1C=C[C@H](OC(C)=O)[C@H](OC(C)=O)C1. The molecule has 0 unspecified atom stereocenters. The van der Waals surface area contributed by atoms with Gasteiger partial charge in [-0.05, 0) is 12.2 Å². The van der Waals surface area contributed by atoms with Crippen molar-refractivity contribution in [2.75, 3.05) is 0 Å². The van der Waals surface area contributed by atoms with Gasteiger partial charge in [0.1, 0.15) is 12.2 Å². The normalized spacial score (nSPS) is 26.3. The number of hydrogen-bond donors (Lipinski definition) is 0. The largest absolute Gasteiger partial charge is 0.458 e. The lowest BCUT2D eigenvalue weighted by Crippen LogP contribution is -2.39. The Morgan fingerprint density at radius 1 is 0.889 bits per heavy atom. The minimum Gasteiger partial charge on any atom is -0.458 e. The van der Waals surface area contributed by atoms with Crippen molar-refractivity contribution < 1.29 is 28.6 Å². The molecule has 1 rings (SSSR count). The van der Waals surface area contributed by atoms with Crippen LogP contribution in [-0.4, -0.2) is 36.2 Å². The van der Waals surface area contributed by atoms with Crippen LogP contribution < -0.4 is 0 Å². The van der Waals surface area contributed by atoms with Crippen molar-refractivity contribution in [1.29, 1.82) is 0 Å². The van der Waals surface area contributed by atoms with E-state index < -0.39 is 36.2 Å². The number of carbonyl (C=O) groups excluding carboxylic acids is 3. The van der Waals surface area contributed by atoms with Crippen LogP contribution in [0.15, 0.2) is 12.2 Å². The molecule has 0 radical (unpaired) electrons. The molecule has 18 heavy (non-hydrogen) atoms. The fraction of sp³-hybridized carbons (Fsp3) is 0.583. The molecule has 0 saturated heterocycles. The lowest BCUT2D eigenvalue weighted by atomic mass is 9.99. The predicted molar refractivity (Wildman–Crippen MR) is 60.4 cm³/mol. The summed E-state index contributed by atoms with van der Waals surface area (Å²) in [7, 11) is 0. The second-order valence-corrected chi connectivity index (χ2v) is 3.99. The van der Waals surface area contributed by atoms with E-state index in [-0.39, 0.29) is 6.42 Å². The maximum absolute atomic E-state index is 11.0. The molecular weight excluding hydrogens is 240 g/mol. The highest BCUT2D eigenvalue weighted by Crippen LogP contribution is 2.21. The molecule has 1 aliphatic carbocycles. The summed E-state index contributed by atoms with van der Waals surface area (Å²) in [4.78, 5) is 32.7. The maximum atomic E-state index is 11.0. The van der Waals surface area contributed by atoms with Crippen molar-refractivity contribution in [3.63, 3.8) is 0 Å². The van der Waals surface area contributed by atoms with Crippen LogP contribution in [0.1, 0.15) is 27.2 Å². The summed E-state index contributed by atoms with van der Waals surface area (Å²) in [5, 5.41) is 0. The molecule has 0 fully saturated rings. The van der Waals surface area contributed by atoms with Gasteiger partial charge in [0.25, 0.3) is 0 Å². The first kappa shape index (κ1) is 14.2. The van der Waals surface area contributed by atoms with E-state index in [1.807, 2.05) is 0 Å². The Labute approximate surface area is 105 Å². The summed E-state index contributed by atoms with van der Waals surface area (Å²) >= 11 is 0. The zero-order valence-corrected chi connectivity index (χ0v) is 10.5. The molecule has 1 aliphatic rings. The third kappa shape index (κ3) is 4.57. The van der Waals surface area contributed by atoms with Crippen LogP contribution in [0.25, 0.3) is 0 Å². The van der Waals surface area contributed by atoms with Gasteiger partial charge in [0, 0.05) is 27.2 Å². The van der Waals surface area contributed by atoms with Crippen LogP contribution in [0.4, 0.5) is 0 Å². The van der Waals surface area contributed by atoms with Gasteiger partial charge >= 0.3 is 17.9 Å². The quantitative estimate of drug-likeness (QED) is 0.421. The molecule has 6 nitrogen and oxygen atoms in total. The van der Waals surface area contributed by atoms with Gasteiger partial charge in [-0.25, -0.2) is 0 Å². The molecule has 100 valence electrons. The standard InChI is InChI=1S/C12H16O6/c1-7(13)16-10-4-5-11(17-8(2)14)12(6-10)18-9(3)15/h4-5,10-12H,6H2,1-3H3/t10-,11+,12-/m1/s1. The first-order valence-corrected chi connectivity index (χ1v) is 5.58. The van der Waals surface area contributed by atoms with Gasteiger partial charge in [0.2, 0.25) is 0 Å². The van der Waals surface area contributed by atoms with Crippen molar-refractivity contribution >= 4 is 17.9 Å². The summed E-state index contributed by atoms with van der Waals surface area (Å²) < 4.78 is 15.1. The van der Waals surface area contributed by atoms with E-state index in [2.05, 4.69) is 0 Å². The lowest BCUT2D eigenvalue weighted by Gasteiger charge is -2.30. The molecule has 0 heterocycles. The number of carbonyl (C=O) groups is 3. The van der Waals surface area contributed by atoms with Crippen LogP contribution in [-0.2, 0) is 28.6 Å². The minimum atomic E-state index is -0.641. The summed E-state index contributed by atoms with van der Waals surface area (Å²) in [6, 6.07) is 0. The van der Waals surface area contributed by atoms with Crippen LogP contribution >= 0.6 is 0 Å². The smallest absolute Gasteiger partial charge is 0.303 e. The Bertz CT molecular complexity index is 373. The van der Waals surface area contributed by atoms with Crippen molar-refractivity contribution in [2.24, 2.45) is 0 Å². The molecule has 6 heteroatoms. The predicted octanol–water partition coefficient (Wildman–Crippen LogP) is 0.741. The zero-order chi connectivity index (χ0) is 13.7. The molecule has 0 saturated carbocycles. The zero-order valence-electron chi connectivity index (χ0n) is 10.5. The highest BCUT2D eigenvalue weighted by atomic mass is 16.6. The molecule has 0 N–H and O–H groups in total. The summed E-state index contributed by atoms with van der Waals surface area (Å²) in [6.45, 7) is 3.84. The van der Waals surface area contributed by atoms with Crippen molar-refractivity contribution in [1.82, 2.24) is 0 Å². The van der Waals surface area contributed by atoms with E-state index in [9.17, 15) is 14.4 Å². The second kappa shape index (κ2) is 6.18. The molecule has 0 amide bonds. The molecular formula is C12H16O6. The summed E-state index contributed by atoms with van der Waals surface area (Å²) in [5.74, 6) is -1.36. The van der Waals surface area contributed by atoms with Gasteiger partial charge in [-0.15, -0.1) is 0 Å². The van der Waals surface area contributed by atoms with Crippen molar-refractivity contribution in [3.8, 4) is 0 Å². The first-order valence-electron chi connectivity index (χ1n) is 5.58. The van der Waals surface area contributed by atoms with Crippen LogP contribution in [0, 0.1) is 0 Å². The number of hydrogen-bond acceptors (Lipinski definition) is 6. The Hall–Kier alpha value is -1.85. The molecule has 0 aromatic heterocycles.